The van der Waals surface area contributed by atoms with E-state index in [0.717, 1.165) is 0 Å². The Bertz CT molecular complexity index is 270. The number of rotatable bonds is 0. The Morgan fingerprint density at radius 2 is 0.778 bits per heavy atom. The van der Waals surface area contributed by atoms with Crippen LogP contribution in [-0.4, -0.2) is 17.2 Å². The van der Waals surface area contributed by atoms with Crippen LogP contribution in [-0.2, 0) is 0 Å². The zero-order valence-electron chi connectivity index (χ0n) is 9.20. The summed E-state index contributed by atoms with van der Waals surface area (Å²) in [6.45, 7) is 0. The number of halogens is 5. The lowest BCUT2D eigenvalue weighted by Crippen LogP contribution is -3.00. The summed E-state index contributed by atoms with van der Waals surface area (Å²) >= 11 is 0. The molecular formula is C10H12BF4IN2. The molecule has 100 valence electrons. The van der Waals surface area contributed by atoms with Crippen molar-refractivity contribution in [1.29, 1.82) is 0 Å². The fourth-order valence-electron chi connectivity index (χ4n) is 0.625. The first-order chi connectivity index (χ1) is 8.00. The Morgan fingerprint density at radius 1 is 0.556 bits per heavy atom. The predicted molar refractivity (Wildman–Crippen MR) is 61.5 cm³/mol. The fourth-order valence-corrected chi connectivity index (χ4v) is 0.625. The smallest absolute Gasteiger partial charge is 0.418 e. The third kappa shape index (κ3) is 24.2. The Morgan fingerprint density at radius 3 is 0.833 bits per heavy atom. The fraction of sp³-hybridized carbons (Fsp3) is 0. The summed E-state index contributed by atoms with van der Waals surface area (Å²) in [5, 5.41) is 0. The summed E-state index contributed by atoms with van der Waals surface area (Å²) in [6, 6.07) is 11.4. The summed E-state index contributed by atoms with van der Waals surface area (Å²) in [7, 11) is -6.00. The van der Waals surface area contributed by atoms with Crippen molar-refractivity contribution >= 4 is 7.25 Å². The Labute approximate surface area is 120 Å². The maximum Gasteiger partial charge on any atom is 0.673 e. The second-order valence-electron chi connectivity index (χ2n) is 2.54. The van der Waals surface area contributed by atoms with Crippen LogP contribution in [0, 0.1) is 0 Å². The van der Waals surface area contributed by atoms with Crippen LogP contribution >= 0.6 is 0 Å². The maximum atomic E-state index is 9.75. The van der Waals surface area contributed by atoms with Crippen LogP contribution in [0.25, 0.3) is 0 Å². The molecular weight excluding hydrogens is 362 g/mol. The van der Waals surface area contributed by atoms with Crippen molar-refractivity contribution in [3.05, 3.63) is 61.2 Å². The number of aromatic nitrogens is 2. The van der Waals surface area contributed by atoms with Gasteiger partial charge in [-0.3, -0.25) is 9.97 Å². The van der Waals surface area contributed by atoms with E-state index in [9.17, 15) is 17.3 Å². The van der Waals surface area contributed by atoms with Crippen LogP contribution < -0.4 is 24.0 Å². The van der Waals surface area contributed by atoms with Crippen LogP contribution in [0.2, 0.25) is 0 Å². The van der Waals surface area contributed by atoms with Crippen molar-refractivity contribution in [3.8, 4) is 0 Å². The van der Waals surface area contributed by atoms with E-state index in [4.69, 9.17) is 0 Å². The van der Waals surface area contributed by atoms with E-state index in [-0.39, 0.29) is 24.0 Å². The van der Waals surface area contributed by atoms with Crippen LogP contribution in [0.1, 0.15) is 0 Å². The van der Waals surface area contributed by atoms with Crippen molar-refractivity contribution in [2.75, 3.05) is 0 Å². The minimum absolute atomic E-state index is 0. The highest BCUT2D eigenvalue weighted by atomic mass is 127. The van der Waals surface area contributed by atoms with Crippen LogP contribution in [0.4, 0.5) is 17.3 Å². The summed E-state index contributed by atoms with van der Waals surface area (Å²) in [5.41, 5.74) is 0. The van der Waals surface area contributed by atoms with Gasteiger partial charge in [0.05, 0.1) is 0 Å². The van der Waals surface area contributed by atoms with E-state index in [1.54, 1.807) is 24.8 Å². The van der Waals surface area contributed by atoms with Crippen molar-refractivity contribution in [2.24, 2.45) is 0 Å². The average molecular weight is 374 g/mol. The molecule has 2 aromatic rings. The Balaban J connectivity index is 0. The molecule has 2 heterocycles. The van der Waals surface area contributed by atoms with E-state index < -0.39 is 7.25 Å². The molecule has 0 bridgehead atoms. The van der Waals surface area contributed by atoms with Crippen LogP contribution in [0.15, 0.2) is 61.2 Å². The predicted octanol–water partition coefficient (Wildman–Crippen LogP) is -0.0682. The van der Waals surface area contributed by atoms with E-state index in [1.165, 1.54) is 0 Å². The summed E-state index contributed by atoms with van der Waals surface area (Å²) in [5.74, 6) is 0. The molecule has 0 aliphatic rings. The number of pyridine rings is 2. The number of hydrogen-bond acceptors (Lipinski definition) is 2. The second kappa shape index (κ2) is 12.3. The molecule has 0 aliphatic carbocycles. The first-order valence-corrected chi connectivity index (χ1v) is 4.57. The van der Waals surface area contributed by atoms with Gasteiger partial charge in [-0.1, -0.05) is 12.1 Å². The molecule has 0 aromatic carbocycles. The normalized spacial score (nSPS) is 8.67. The number of nitrogens with zero attached hydrogens (tertiary/aromatic N) is 2. The Kier molecular flexibility index (Phi) is 13.1. The van der Waals surface area contributed by atoms with Gasteiger partial charge < -0.3 is 17.3 Å². The second-order valence-corrected chi connectivity index (χ2v) is 2.54. The van der Waals surface area contributed by atoms with Gasteiger partial charge >= 0.3 is 7.25 Å². The third-order valence-electron chi connectivity index (χ3n) is 1.13. The molecule has 0 radical (unpaired) electrons. The monoisotopic (exact) mass is 374 g/mol. The summed E-state index contributed by atoms with van der Waals surface area (Å²) in [4.78, 5) is 7.57. The molecule has 8 heteroatoms. The lowest BCUT2D eigenvalue weighted by atomic mass is 10.3. The van der Waals surface area contributed by atoms with Gasteiger partial charge in [-0.05, 0) is 24.3 Å². The summed E-state index contributed by atoms with van der Waals surface area (Å²) < 4.78 is 39.0. The first kappa shape index (κ1) is 19.2. The number of hydrogen-bond donors (Lipinski definition) is 0. The minimum Gasteiger partial charge on any atom is -0.418 e. The molecule has 0 amide bonds. The van der Waals surface area contributed by atoms with Crippen molar-refractivity contribution in [1.82, 2.24) is 9.97 Å². The molecule has 2 nitrogen and oxygen atoms in total. The van der Waals surface area contributed by atoms with E-state index in [1.807, 2.05) is 36.4 Å². The molecule has 0 atom stereocenters. The van der Waals surface area contributed by atoms with Gasteiger partial charge in [0.15, 0.2) is 0 Å². The van der Waals surface area contributed by atoms with E-state index >= 15 is 0 Å². The lowest BCUT2D eigenvalue weighted by Gasteiger charge is -1.94. The van der Waals surface area contributed by atoms with Gasteiger partial charge in [0.1, 0.15) is 0 Å². The van der Waals surface area contributed by atoms with Gasteiger partial charge in [-0.2, -0.15) is 0 Å². The van der Waals surface area contributed by atoms with E-state index in [0.29, 0.717) is 0 Å². The third-order valence-corrected chi connectivity index (χ3v) is 1.13. The van der Waals surface area contributed by atoms with Gasteiger partial charge in [0.2, 0.25) is 24.0 Å². The standard InChI is InChI=1S/2C5H5N.BF4.H2I/c2*1-2-4-6-5-3-1;2-1(3,4)5;/h2*1-5H;;1H2/q;;-1;+1. The minimum atomic E-state index is -6.00. The molecule has 0 saturated carbocycles. The molecule has 0 unspecified atom stereocenters. The van der Waals surface area contributed by atoms with Crippen LogP contribution in [0.3, 0.4) is 0 Å². The molecule has 0 N–H and O–H groups in total. The molecule has 2 rings (SSSR count). The van der Waals surface area contributed by atoms with Gasteiger partial charge in [0.25, 0.3) is 0 Å². The first-order valence-electron chi connectivity index (χ1n) is 4.57. The zero-order valence-corrected chi connectivity index (χ0v) is 11.8. The molecule has 0 spiro atoms. The van der Waals surface area contributed by atoms with Crippen molar-refractivity contribution in [3.63, 3.8) is 0 Å². The van der Waals surface area contributed by atoms with E-state index in [2.05, 4.69) is 9.97 Å². The van der Waals surface area contributed by atoms with Gasteiger partial charge in [0, 0.05) is 24.8 Å². The highest BCUT2D eigenvalue weighted by molar-refractivity contribution is 6.50. The molecule has 0 aliphatic heterocycles. The molecule has 0 saturated heterocycles. The quantitative estimate of drug-likeness (QED) is 0.367. The lowest BCUT2D eigenvalue weighted by molar-refractivity contribution is -0.00000926. The summed E-state index contributed by atoms with van der Waals surface area (Å²) in [6.07, 6.45) is 7.00. The molecule has 2 aromatic heterocycles. The van der Waals surface area contributed by atoms with Crippen LogP contribution in [0.5, 0.6) is 0 Å². The molecule has 0 fully saturated rings. The molecule has 18 heavy (non-hydrogen) atoms. The van der Waals surface area contributed by atoms with Crippen molar-refractivity contribution in [2.45, 2.75) is 0 Å². The highest BCUT2D eigenvalue weighted by Gasteiger charge is 2.20. The van der Waals surface area contributed by atoms with Gasteiger partial charge in [-0.15, -0.1) is 0 Å². The average Bonchev–Trinajstić information content (AvgIpc) is 2.32. The SMILES string of the molecule is F[B-](F)(F)F.[IH2+].c1ccncc1.c1ccncc1. The maximum absolute atomic E-state index is 9.75. The zero-order chi connectivity index (χ0) is 13.0. The Hall–Kier alpha value is -1.19. The van der Waals surface area contributed by atoms with Gasteiger partial charge in [-0.25, -0.2) is 0 Å². The largest absolute Gasteiger partial charge is 0.673 e. The van der Waals surface area contributed by atoms with Crippen molar-refractivity contribution < 1.29 is 41.2 Å². The topological polar surface area (TPSA) is 25.8 Å². The highest BCUT2D eigenvalue weighted by Crippen LogP contribution is 2.06.